The van der Waals surface area contributed by atoms with Gasteiger partial charge in [0.05, 0.1) is 12.6 Å². The molecule has 3 aliphatic rings. The molecule has 1 saturated heterocycles. The molecule has 2 saturated carbocycles. The highest BCUT2D eigenvalue weighted by molar-refractivity contribution is 5.17. The van der Waals surface area contributed by atoms with Crippen LogP contribution < -0.4 is 5.32 Å². The van der Waals surface area contributed by atoms with Crippen molar-refractivity contribution in [2.45, 2.75) is 57.2 Å². The van der Waals surface area contributed by atoms with Gasteiger partial charge in [0.15, 0.2) is 0 Å². The molecule has 19 heavy (non-hydrogen) atoms. The van der Waals surface area contributed by atoms with Gasteiger partial charge in [-0.05, 0) is 49.7 Å². The second kappa shape index (κ2) is 4.64. The molecule has 0 radical (unpaired) electrons. The van der Waals surface area contributed by atoms with E-state index in [0.717, 1.165) is 37.2 Å². The molecule has 4 unspecified atom stereocenters. The lowest BCUT2D eigenvalue weighted by Crippen LogP contribution is -2.37. The van der Waals surface area contributed by atoms with Crippen molar-refractivity contribution in [2.24, 2.45) is 11.8 Å². The average Bonchev–Trinajstić information content (AvgIpc) is 3.28. The molecule has 3 nitrogen and oxygen atoms in total. The van der Waals surface area contributed by atoms with E-state index in [-0.39, 0.29) is 0 Å². The highest BCUT2D eigenvalue weighted by atomic mass is 16.5. The van der Waals surface area contributed by atoms with Gasteiger partial charge in [0.1, 0.15) is 11.5 Å². The van der Waals surface area contributed by atoms with E-state index in [1.165, 1.54) is 25.0 Å². The Morgan fingerprint density at radius 1 is 1.26 bits per heavy atom. The van der Waals surface area contributed by atoms with Crippen molar-refractivity contribution in [1.29, 1.82) is 0 Å². The molecule has 0 spiro atoms. The maximum Gasteiger partial charge on any atom is 0.117 e. The highest BCUT2D eigenvalue weighted by Crippen LogP contribution is 2.47. The van der Waals surface area contributed by atoms with Crippen LogP contribution >= 0.6 is 0 Å². The second-order valence-electron chi connectivity index (χ2n) is 6.57. The van der Waals surface area contributed by atoms with Crippen molar-refractivity contribution in [1.82, 2.24) is 5.32 Å². The lowest BCUT2D eigenvalue weighted by Gasteiger charge is -2.18. The molecule has 1 aliphatic heterocycles. The summed E-state index contributed by atoms with van der Waals surface area (Å²) in [5.41, 5.74) is 0. The van der Waals surface area contributed by atoms with Gasteiger partial charge in [-0.15, -0.1) is 0 Å². The van der Waals surface area contributed by atoms with E-state index in [4.69, 9.17) is 9.15 Å². The van der Waals surface area contributed by atoms with Crippen LogP contribution in [0.2, 0.25) is 0 Å². The fourth-order valence-electron chi connectivity index (χ4n) is 3.36. The fourth-order valence-corrected chi connectivity index (χ4v) is 3.36. The number of furan rings is 1. The van der Waals surface area contributed by atoms with Crippen molar-refractivity contribution in [3.8, 4) is 0 Å². The molecule has 2 aliphatic carbocycles. The standard InChI is InChI=1S/C16H23NO2/c1-10-8-13(10)15-5-4-12(19-15)9-17-14-6-7-18-16(14)11-2-3-11/h4-5,10-11,13-14,16-17H,2-3,6-9H2,1H3. The summed E-state index contributed by atoms with van der Waals surface area (Å²) in [6.45, 7) is 4.06. The monoisotopic (exact) mass is 261 g/mol. The Hall–Kier alpha value is -0.800. The van der Waals surface area contributed by atoms with Gasteiger partial charge in [0, 0.05) is 18.6 Å². The summed E-state index contributed by atoms with van der Waals surface area (Å²) in [5, 5.41) is 3.63. The third kappa shape index (κ3) is 2.46. The van der Waals surface area contributed by atoms with E-state index >= 15 is 0 Å². The van der Waals surface area contributed by atoms with Gasteiger partial charge in [-0.2, -0.15) is 0 Å². The zero-order valence-corrected chi connectivity index (χ0v) is 11.6. The minimum atomic E-state index is 0.456. The molecule has 0 amide bonds. The van der Waals surface area contributed by atoms with E-state index in [1.807, 2.05) is 0 Å². The maximum atomic E-state index is 5.95. The van der Waals surface area contributed by atoms with Crippen LogP contribution in [0.1, 0.15) is 50.0 Å². The van der Waals surface area contributed by atoms with Crippen molar-refractivity contribution in [3.63, 3.8) is 0 Å². The minimum absolute atomic E-state index is 0.456. The van der Waals surface area contributed by atoms with Crippen LogP contribution in [0, 0.1) is 11.8 Å². The van der Waals surface area contributed by atoms with E-state index in [9.17, 15) is 0 Å². The van der Waals surface area contributed by atoms with E-state index < -0.39 is 0 Å². The number of rotatable bonds is 5. The Labute approximate surface area is 114 Å². The van der Waals surface area contributed by atoms with Gasteiger partial charge >= 0.3 is 0 Å². The first-order valence-electron chi connectivity index (χ1n) is 7.75. The third-order valence-corrected chi connectivity index (χ3v) is 4.92. The molecule has 4 atom stereocenters. The Bertz CT molecular complexity index is 451. The lowest BCUT2D eigenvalue weighted by atomic mass is 10.1. The van der Waals surface area contributed by atoms with Crippen LogP contribution in [0.4, 0.5) is 0 Å². The Kier molecular flexibility index (Phi) is 2.92. The molecule has 3 heteroatoms. The Morgan fingerprint density at radius 3 is 2.84 bits per heavy atom. The van der Waals surface area contributed by atoms with Gasteiger partial charge < -0.3 is 14.5 Å². The Morgan fingerprint density at radius 2 is 2.11 bits per heavy atom. The van der Waals surface area contributed by atoms with E-state index in [2.05, 4.69) is 24.4 Å². The number of ether oxygens (including phenoxy) is 1. The highest BCUT2D eigenvalue weighted by Gasteiger charge is 2.40. The summed E-state index contributed by atoms with van der Waals surface area (Å²) in [6, 6.07) is 4.82. The SMILES string of the molecule is CC1CC1c1ccc(CNC2CCOC2C2CC2)o1. The molecule has 1 N–H and O–H groups in total. The van der Waals surface area contributed by atoms with Crippen LogP contribution in [0.25, 0.3) is 0 Å². The van der Waals surface area contributed by atoms with Gasteiger partial charge in [0.25, 0.3) is 0 Å². The van der Waals surface area contributed by atoms with Crippen LogP contribution in [-0.2, 0) is 11.3 Å². The smallest absolute Gasteiger partial charge is 0.117 e. The summed E-state index contributed by atoms with van der Waals surface area (Å²) >= 11 is 0. The minimum Gasteiger partial charge on any atom is -0.464 e. The number of hydrogen-bond donors (Lipinski definition) is 1. The zero-order chi connectivity index (χ0) is 12.8. The molecule has 2 heterocycles. The Balaban J connectivity index is 1.32. The van der Waals surface area contributed by atoms with Crippen molar-refractivity contribution < 1.29 is 9.15 Å². The van der Waals surface area contributed by atoms with Crippen LogP contribution in [-0.4, -0.2) is 18.8 Å². The quantitative estimate of drug-likeness (QED) is 0.884. The lowest BCUT2D eigenvalue weighted by molar-refractivity contribution is 0.0805. The number of hydrogen-bond acceptors (Lipinski definition) is 3. The van der Waals surface area contributed by atoms with Crippen molar-refractivity contribution in [2.75, 3.05) is 6.61 Å². The molecule has 4 rings (SSSR count). The summed E-state index contributed by atoms with van der Waals surface area (Å²) in [5.74, 6) is 4.58. The summed E-state index contributed by atoms with van der Waals surface area (Å²) in [6.07, 6.45) is 5.60. The van der Waals surface area contributed by atoms with Gasteiger partial charge in [-0.1, -0.05) is 6.92 Å². The first kappa shape index (κ1) is 12.0. The average molecular weight is 261 g/mol. The first-order chi connectivity index (χ1) is 9.31. The second-order valence-corrected chi connectivity index (χ2v) is 6.57. The topological polar surface area (TPSA) is 34.4 Å². The maximum absolute atomic E-state index is 5.95. The van der Waals surface area contributed by atoms with Gasteiger partial charge in [-0.25, -0.2) is 0 Å². The predicted octanol–water partition coefficient (Wildman–Crippen LogP) is 3.06. The molecule has 0 bridgehead atoms. The van der Waals surface area contributed by atoms with Crippen LogP contribution in [0.3, 0.4) is 0 Å². The van der Waals surface area contributed by atoms with E-state index in [1.54, 1.807) is 0 Å². The van der Waals surface area contributed by atoms with Crippen LogP contribution in [0.5, 0.6) is 0 Å². The predicted molar refractivity (Wildman–Crippen MR) is 72.9 cm³/mol. The molecule has 1 aromatic rings. The fraction of sp³-hybridized carbons (Fsp3) is 0.750. The largest absolute Gasteiger partial charge is 0.464 e. The molecule has 3 fully saturated rings. The number of nitrogens with one attached hydrogen (secondary N) is 1. The van der Waals surface area contributed by atoms with Crippen molar-refractivity contribution >= 4 is 0 Å². The molecule has 0 aromatic carbocycles. The summed E-state index contributed by atoms with van der Waals surface area (Å²) in [4.78, 5) is 0. The molecule has 104 valence electrons. The van der Waals surface area contributed by atoms with Gasteiger partial charge in [-0.3, -0.25) is 0 Å². The normalized spacial score (nSPS) is 37.7. The van der Waals surface area contributed by atoms with E-state index in [0.29, 0.717) is 18.1 Å². The van der Waals surface area contributed by atoms with Crippen LogP contribution in [0.15, 0.2) is 16.5 Å². The third-order valence-electron chi connectivity index (χ3n) is 4.92. The zero-order valence-electron chi connectivity index (χ0n) is 11.6. The van der Waals surface area contributed by atoms with Crippen molar-refractivity contribution in [3.05, 3.63) is 23.7 Å². The summed E-state index contributed by atoms with van der Waals surface area (Å²) in [7, 11) is 0. The molecule has 1 aromatic heterocycles. The molecular formula is C16H23NO2. The summed E-state index contributed by atoms with van der Waals surface area (Å²) < 4.78 is 11.8. The first-order valence-corrected chi connectivity index (χ1v) is 7.75. The molecular weight excluding hydrogens is 238 g/mol. The van der Waals surface area contributed by atoms with Gasteiger partial charge in [0.2, 0.25) is 0 Å².